The van der Waals surface area contributed by atoms with E-state index in [1.165, 1.54) is 19.3 Å². The van der Waals surface area contributed by atoms with Gasteiger partial charge in [-0.2, -0.15) is 0 Å². The molecule has 0 radical (unpaired) electrons. The molecule has 0 spiro atoms. The van der Waals surface area contributed by atoms with Gasteiger partial charge in [0.15, 0.2) is 0 Å². The average Bonchev–Trinajstić information content (AvgIpc) is 2.95. The third kappa shape index (κ3) is 4.36. The maximum atomic E-state index is 12.6. The monoisotopic (exact) mass is 279 g/mol. The maximum Gasteiger partial charge on any atom is 0.228 e. The van der Waals surface area contributed by atoms with E-state index in [0.29, 0.717) is 17.4 Å². The van der Waals surface area contributed by atoms with E-state index in [1.807, 2.05) is 20.8 Å². The van der Waals surface area contributed by atoms with Gasteiger partial charge in [0.2, 0.25) is 5.91 Å². The summed E-state index contributed by atoms with van der Waals surface area (Å²) in [6, 6.07) is 0.294. The number of carbonyl (C=O) groups excluding carboxylic acids is 1. The number of nitrogens with zero attached hydrogens (tertiary/aromatic N) is 1. The fraction of sp³-hybridized carbons (Fsp3) is 0.833. The number of hydrogen-bond acceptors (Lipinski definition) is 1. The standard InChI is InChI=1S/C18H33NO/c1-8-9-10-11-18(7)12-15(18)13-19(14(2)3)16(20)17(4,5)6/h8-9,14-15H,10-13H2,1-7H3/b9-8+. The van der Waals surface area contributed by atoms with Crippen LogP contribution in [-0.2, 0) is 4.79 Å². The Morgan fingerprint density at radius 2 is 2.00 bits per heavy atom. The first kappa shape index (κ1) is 17.3. The molecule has 0 heterocycles. The molecule has 1 rings (SSSR count). The highest BCUT2D eigenvalue weighted by atomic mass is 16.2. The van der Waals surface area contributed by atoms with Crippen LogP contribution >= 0.6 is 0 Å². The second-order valence-electron chi connectivity index (χ2n) is 7.96. The van der Waals surface area contributed by atoms with Crippen LogP contribution in [0.15, 0.2) is 12.2 Å². The number of hydrogen-bond donors (Lipinski definition) is 0. The van der Waals surface area contributed by atoms with Crippen molar-refractivity contribution in [3.05, 3.63) is 12.2 Å². The van der Waals surface area contributed by atoms with Gasteiger partial charge in [0.25, 0.3) is 0 Å². The molecule has 1 aliphatic carbocycles. The Bertz CT molecular complexity index is 364. The largest absolute Gasteiger partial charge is 0.340 e. The number of carbonyl (C=O) groups is 1. The van der Waals surface area contributed by atoms with E-state index in [1.54, 1.807) is 0 Å². The van der Waals surface area contributed by atoms with Crippen molar-refractivity contribution in [2.75, 3.05) is 6.54 Å². The molecule has 0 aromatic heterocycles. The van der Waals surface area contributed by atoms with Gasteiger partial charge in [-0.25, -0.2) is 0 Å². The third-order valence-corrected chi connectivity index (χ3v) is 4.60. The summed E-state index contributed by atoms with van der Waals surface area (Å²) < 4.78 is 0. The minimum absolute atomic E-state index is 0.277. The van der Waals surface area contributed by atoms with Crippen LogP contribution in [0.2, 0.25) is 0 Å². The number of amides is 1. The van der Waals surface area contributed by atoms with Crippen molar-refractivity contribution in [2.45, 2.75) is 73.8 Å². The van der Waals surface area contributed by atoms with E-state index in [4.69, 9.17) is 0 Å². The molecule has 0 bridgehead atoms. The lowest BCUT2D eigenvalue weighted by Gasteiger charge is -2.33. The maximum absolute atomic E-state index is 12.6. The molecule has 20 heavy (non-hydrogen) atoms. The van der Waals surface area contributed by atoms with E-state index < -0.39 is 0 Å². The summed E-state index contributed by atoms with van der Waals surface area (Å²) in [6.45, 7) is 15.7. The molecule has 1 aliphatic rings. The first-order valence-electron chi connectivity index (χ1n) is 8.04. The summed E-state index contributed by atoms with van der Waals surface area (Å²) in [5.74, 6) is 0.969. The van der Waals surface area contributed by atoms with Crippen molar-refractivity contribution in [1.82, 2.24) is 4.90 Å². The highest BCUT2D eigenvalue weighted by Crippen LogP contribution is 2.56. The van der Waals surface area contributed by atoms with E-state index in [0.717, 1.165) is 6.54 Å². The van der Waals surface area contributed by atoms with E-state index in [9.17, 15) is 4.79 Å². The molecule has 0 saturated heterocycles. The summed E-state index contributed by atoms with van der Waals surface area (Å²) in [7, 11) is 0. The van der Waals surface area contributed by atoms with Gasteiger partial charge >= 0.3 is 0 Å². The smallest absolute Gasteiger partial charge is 0.228 e. The van der Waals surface area contributed by atoms with Crippen molar-refractivity contribution in [3.8, 4) is 0 Å². The molecule has 2 unspecified atom stereocenters. The lowest BCUT2D eigenvalue weighted by atomic mass is 9.93. The van der Waals surface area contributed by atoms with E-state index >= 15 is 0 Å². The van der Waals surface area contributed by atoms with Gasteiger partial charge in [-0.05, 0) is 51.4 Å². The summed E-state index contributed by atoms with van der Waals surface area (Å²) >= 11 is 0. The second-order valence-corrected chi connectivity index (χ2v) is 7.96. The van der Waals surface area contributed by atoms with Crippen LogP contribution in [0.3, 0.4) is 0 Å². The van der Waals surface area contributed by atoms with Crippen LogP contribution in [0.5, 0.6) is 0 Å². The first-order valence-corrected chi connectivity index (χ1v) is 8.04. The molecule has 2 heteroatoms. The summed E-state index contributed by atoms with van der Waals surface area (Å²) in [4.78, 5) is 14.6. The molecule has 0 aromatic carbocycles. The van der Waals surface area contributed by atoms with Gasteiger partial charge in [-0.15, -0.1) is 0 Å². The Morgan fingerprint density at radius 1 is 1.40 bits per heavy atom. The minimum Gasteiger partial charge on any atom is -0.340 e. The van der Waals surface area contributed by atoms with Crippen molar-refractivity contribution in [3.63, 3.8) is 0 Å². The molecular formula is C18H33NO. The van der Waals surface area contributed by atoms with E-state index in [2.05, 4.69) is 44.7 Å². The fourth-order valence-electron chi connectivity index (χ4n) is 2.87. The predicted molar refractivity (Wildman–Crippen MR) is 86.6 cm³/mol. The number of rotatable bonds is 6. The fourth-order valence-corrected chi connectivity index (χ4v) is 2.87. The molecule has 0 aliphatic heterocycles. The van der Waals surface area contributed by atoms with Gasteiger partial charge in [0.1, 0.15) is 0 Å². The third-order valence-electron chi connectivity index (χ3n) is 4.60. The highest BCUT2D eigenvalue weighted by Gasteiger charge is 2.50. The Balaban J connectivity index is 2.60. The second kappa shape index (κ2) is 6.32. The van der Waals surface area contributed by atoms with Crippen molar-refractivity contribution < 1.29 is 4.79 Å². The van der Waals surface area contributed by atoms with Crippen LogP contribution in [0.4, 0.5) is 0 Å². The zero-order valence-corrected chi connectivity index (χ0v) is 14.5. The average molecular weight is 279 g/mol. The van der Waals surface area contributed by atoms with Crippen molar-refractivity contribution in [1.29, 1.82) is 0 Å². The lowest BCUT2D eigenvalue weighted by molar-refractivity contribution is -0.141. The zero-order valence-electron chi connectivity index (χ0n) is 14.5. The molecule has 2 atom stereocenters. The minimum atomic E-state index is -0.277. The molecule has 2 nitrogen and oxygen atoms in total. The van der Waals surface area contributed by atoms with Gasteiger partial charge in [-0.3, -0.25) is 4.79 Å². The molecular weight excluding hydrogens is 246 g/mol. The van der Waals surface area contributed by atoms with Crippen LogP contribution in [0.1, 0.15) is 67.7 Å². The van der Waals surface area contributed by atoms with Gasteiger partial charge in [0, 0.05) is 18.0 Å². The van der Waals surface area contributed by atoms with Crippen LogP contribution < -0.4 is 0 Å². The molecule has 1 fully saturated rings. The Labute approximate surface area is 125 Å². The van der Waals surface area contributed by atoms with E-state index in [-0.39, 0.29) is 11.3 Å². The van der Waals surface area contributed by atoms with Crippen LogP contribution in [-0.4, -0.2) is 23.4 Å². The first-order chi connectivity index (χ1) is 9.12. The summed E-state index contributed by atoms with van der Waals surface area (Å²) in [5, 5.41) is 0. The molecule has 1 amide bonds. The molecule has 0 aromatic rings. The van der Waals surface area contributed by atoms with Crippen LogP contribution in [0, 0.1) is 16.7 Å². The lowest BCUT2D eigenvalue weighted by Crippen LogP contribution is -2.45. The molecule has 116 valence electrons. The SMILES string of the molecule is C/C=C/CCC1(C)CC1CN(C(=O)C(C)(C)C)C(C)C. The Kier molecular flexibility index (Phi) is 5.46. The normalized spacial score (nSPS) is 26.3. The predicted octanol–water partition coefficient (Wildman–Crippen LogP) is 4.65. The molecule has 1 saturated carbocycles. The number of allylic oxidation sites excluding steroid dienone is 2. The van der Waals surface area contributed by atoms with Crippen LogP contribution in [0.25, 0.3) is 0 Å². The van der Waals surface area contributed by atoms with Gasteiger partial charge in [-0.1, -0.05) is 39.8 Å². The van der Waals surface area contributed by atoms with Crippen molar-refractivity contribution >= 4 is 5.91 Å². The Morgan fingerprint density at radius 3 is 2.45 bits per heavy atom. The Hall–Kier alpha value is -0.790. The van der Waals surface area contributed by atoms with Crippen molar-refractivity contribution in [2.24, 2.45) is 16.7 Å². The van der Waals surface area contributed by atoms with Gasteiger partial charge in [0.05, 0.1) is 0 Å². The topological polar surface area (TPSA) is 20.3 Å². The summed E-state index contributed by atoms with van der Waals surface area (Å²) in [6.07, 6.45) is 8.06. The highest BCUT2D eigenvalue weighted by molar-refractivity contribution is 5.81. The quantitative estimate of drug-likeness (QED) is 0.648. The summed E-state index contributed by atoms with van der Waals surface area (Å²) in [5.41, 5.74) is 0.172. The molecule has 0 N–H and O–H groups in total. The zero-order chi connectivity index (χ0) is 15.6. The van der Waals surface area contributed by atoms with Gasteiger partial charge < -0.3 is 4.90 Å².